The van der Waals surface area contributed by atoms with Crippen molar-refractivity contribution in [1.82, 2.24) is 16.0 Å². The van der Waals surface area contributed by atoms with Crippen molar-refractivity contribution in [3.8, 4) is 5.75 Å². The molecule has 0 aromatic heterocycles. The molecule has 3 rings (SSSR count). The van der Waals surface area contributed by atoms with Gasteiger partial charge in [-0.3, -0.25) is 9.59 Å². The molecule has 0 bridgehead atoms. The lowest BCUT2D eigenvalue weighted by atomic mass is 9.91. The number of carbonyl (C=O) groups is 2. The minimum Gasteiger partial charge on any atom is -0.497 e. The second-order valence-electron chi connectivity index (χ2n) is 8.23. The smallest absolute Gasteiger partial charge is 0.243 e. The van der Waals surface area contributed by atoms with Gasteiger partial charge in [0, 0.05) is 31.1 Å². The number of ether oxygens (including phenoxy) is 1. The van der Waals surface area contributed by atoms with Crippen molar-refractivity contribution in [2.24, 2.45) is 5.92 Å². The van der Waals surface area contributed by atoms with Crippen LogP contribution in [0.5, 0.6) is 5.75 Å². The van der Waals surface area contributed by atoms with Gasteiger partial charge in [0.1, 0.15) is 11.8 Å². The average Bonchev–Trinajstić information content (AvgIpc) is 2.83. The summed E-state index contributed by atoms with van der Waals surface area (Å²) >= 11 is 3.46. The fourth-order valence-electron chi connectivity index (χ4n) is 3.94. The van der Waals surface area contributed by atoms with Gasteiger partial charge in [-0.1, -0.05) is 31.4 Å². The van der Waals surface area contributed by atoms with Crippen molar-refractivity contribution in [2.75, 3.05) is 37.5 Å². The molecule has 1 aliphatic carbocycles. The molecule has 172 valence electrons. The van der Waals surface area contributed by atoms with E-state index in [-0.39, 0.29) is 17.1 Å². The molecule has 6 nitrogen and oxygen atoms in total. The zero-order valence-electron chi connectivity index (χ0n) is 18.4. The van der Waals surface area contributed by atoms with Gasteiger partial charge in [-0.05, 0) is 42.2 Å². The van der Waals surface area contributed by atoms with Gasteiger partial charge >= 0.3 is 0 Å². The maximum absolute atomic E-state index is 13.0. The first-order valence-corrected chi connectivity index (χ1v) is 13.5. The normalized spacial score (nSPS) is 20.6. The van der Waals surface area contributed by atoms with E-state index in [1.54, 1.807) is 30.6 Å². The minimum atomic E-state index is -0.512. The second-order valence-corrected chi connectivity index (χ2v) is 10.6. The summed E-state index contributed by atoms with van der Waals surface area (Å²) in [6, 6.07) is 7.13. The summed E-state index contributed by atoms with van der Waals surface area (Å²) in [5, 5.41) is 9.16. The molecule has 1 heterocycles. The molecular formula is C23H35N3O3S2. The Labute approximate surface area is 194 Å². The number of hydrogen-bond donors (Lipinski definition) is 3. The molecule has 0 spiro atoms. The highest BCUT2D eigenvalue weighted by Gasteiger charge is 2.27. The molecule has 2 unspecified atom stereocenters. The van der Waals surface area contributed by atoms with Crippen LogP contribution in [0.1, 0.15) is 37.7 Å². The molecule has 0 radical (unpaired) electrons. The first kappa shape index (κ1) is 24.3. The number of amides is 2. The van der Waals surface area contributed by atoms with Crippen molar-refractivity contribution >= 4 is 35.3 Å². The molecule has 2 atom stereocenters. The summed E-state index contributed by atoms with van der Waals surface area (Å²) in [6.45, 7) is 2.02. The number of thioether (sulfide) groups is 2. The zero-order valence-corrected chi connectivity index (χ0v) is 20.0. The Morgan fingerprint density at radius 2 is 2.00 bits per heavy atom. The van der Waals surface area contributed by atoms with Crippen LogP contribution in [-0.2, 0) is 16.1 Å². The Morgan fingerprint density at radius 1 is 1.23 bits per heavy atom. The molecule has 1 saturated carbocycles. The van der Waals surface area contributed by atoms with Crippen molar-refractivity contribution in [1.29, 1.82) is 0 Å². The summed E-state index contributed by atoms with van der Waals surface area (Å²) in [5.41, 5.74) is 1.00. The van der Waals surface area contributed by atoms with Gasteiger partial charge in [0.2, 0.25) is 11.8 Å². The van der Waals surface area contributed by atoms with Crippen LogP contribution in [0.25, 0.3) is 0 Å². The summed E-state index contributed by atoms with van der Waals surface area (Å²) in [4.78, 5) is 25.7. The summed E-state index contributed by atoms with van der Waals surface area (Å²) < 4.78 is 5.18. The molecule has 8 heteroatoms. The minimum absolute atomic E-state index is 0.0416. The molecule has 2 amide bonds. The van der Waals surface area contributed by atoms with Crippen LogP contribution >= 0.6 is 23.5 Å². The number of carbonyl (C=O) groups excluding carboxylic acids is 2. The van der Waals surface area contributed by atoms with Gasteiger partial charge in [0.15, 0.2) is 0 Å². The molecular weight excluding hydrogens is 430 g/mol. The lowest BCUT2D eigenvalue weighted by molar-refractivity contribution is -0.128. The maximum atomic E-state index is 13.0. The third-order valence-electron chi connectivity index (χ3n) is 5.84. The molecule has 1 saturated heterocycles. The number of benzene rings is 1. The quantitative estimate of drug-likeness (QED) is 0.493. The molecule has 1 aromatic rings. The van der Waals surface area contributed by atoms with Crippen molar-refractivity contribution in [3.63, 3.8) is 0 Å². The molecule has 2 aliphatic rings. The monoisotopic (exact) mass is 465 g/mol. The van der Waals surface area contributed by atoms with Gasteiger partial charge in [0.05, 0.1) is 12.4 Å². The lowest BCUT2D eigenvalue weighted by Gasteiger charge is -2.26. The first-order valence-electron chi connectivity index (χ1n) is 11.3. The lowest BCUT2D eigenvalue weighted by Crippen LogP contribution is -2.52. The van der Waals surface area contributed by atoms with E-state index in [1.165, 1.54) is 32.1 Å². The highest BCUT2D eigenvalue weighted by atomic mass is 32.2. The van der Waals surface area contributed by atoms with Gasteiger partial charge in [-0.2, -0.15) is 11.8 Å². The predicted octanol–water partition coefficient (Wildman–Crippen LogP) is 2.81. The van der Waals surface area contributed by atoms with E-state index < -0.39 is 6.04 Å². The van der Waals surface area contributed by atoms with Crippen LogP contribution in [0, 0.1) is 5.92 Å². The van der Waals surface area contributed by atoms with Crippen LogP contribution in [0.3, 0.4) is 0 Å². The molecule has 1 aromatic carbocycles. The van der Waals surface area contributed by atoms with Crippen LogP contribution in [0.2, 0.25) is 0 Å². The molecule has 31 heavy (non-hydrogen) atoms. The van der Waals surface area contributed by atoms with E-state index in [1.807, 2.05) is 24.3 Å². The van der Waals surface area contributed by atoms with Gasteiger partial charge in [0.25, 0.3) is 0 Å². The topological polar surface area (TPSA) is 79.5 Å². The number of methoxy groups -OCH3 is 1. The van der Waals surface area contributed by atoms with E-state index in [9.17, 15) is 9.59 Å². The Balaban J connectivity index is 1.52. The molecule has 1 aliphatic heterocycles. The maximum Gasteiger partial charge on any atom is 0.243 e. The van der Waals surface area contributed by atoms with Gasteiger partial charge in [-0.25, -0.2) is 0 Å². The number of nitrogens with one attached hydrogen (secondary N) is 3. The fraction of sp³-hybridized carbons (Fsp3) is 0.652. The highest BCUT2D eigenvalue weighted by molar-refractivity contribution is 8.00. The van der Waals surface area contributed by atoms with Crippen LogP contribution in [-0.4, -0.2) is 60.6 Å². The highest BCUT2D eigenvalue weighted by Crippen LogP contribution is 2.27. The summed E-state index contributed by atoms with van der Waals surface area (Å²) in [6.07, 6.45) is 6.57. The first-order chi connectivity index (χ1) is 15.2. The van der Waals surface area contributed by atoms with Gasteiger partial charge < -0.3 is 20.7 Å². The van der Waals surface area contributed by atoms with Crippen LogP contribution in [0.15, 0.2) is 24.3 Å². The summed E-state index contributed by atoms with van der Waals surface area (Å²) in [5.74, 6) is 3.98. The number of hydrogen-bond acceptors (Lipinski definition) is 6. The van der Waals surface area contributed by atoms with Crippen molar-refractivity contribution in [3.05, 3.63) is 29.8 Å². The van der Waals surface area contributed by atoms with Crippen LogP contribution in [0.4, 0.5) is 0 Å². The fourth-order valence-corrected chi connectivity index (χ4v) is 6.22. The summed E-state index contributed by atoms with van der Waals surface area (Å²) in [7, 11) is 1.63. The number of rotatable bonds is 10. The molecule has 3 N–H and O–H groups in total. The van der Waals surface area contributed by atoms with E-state index >= 15 is 0 Å². The molecule has 2 fully saturated rings. The van der Waals surface area contributed by atoms with E-state index in [0.717, 1.165) is 35.3 Å². The average molecular weight is 466 g/mol. The van der Waals surface area contributed by atoms with E-state index in [0.29, 0.717) is 18.8 Å². The third-order valence-corrected chi connectivity index (χ3v) is 8.34. The zero-order chi connectivity index (χ0) is 21.9. The van der Waals surface area contributed by atoms with Crippen molar-refractivity contribution in [2.45, 2.75) is 49.9 Å². The Kier molecular flexibility index (Phi) is 10.4. The Morgan fingerprint density at radius 3 is 2.68 bits per heavy atom. The predicted molar refractivity (Wildman–Crippen MR) is 130 cm³/mol. The Hall–Kier alpha value is -1.38. The van der Waals surface area contributed by atoms with Crippen molar-refractivity contribution < 1.29 is 14.3 Å². The van der Waals surface area contributed by atoms with Crippen LogP contribution < -0.4 is 20.7 Å². The largest absolute Gasteiger partial charge is 0.497 e. The van der Waals surface area contributed by atoms with E-state index in [4.69, 9.17) is 4.74 Å². The third kappa shape index (κ3) is 8.24. The SMILES string of the molecule is COc1ccc(CNC(=O)C(CSCC2CCCCC2)NC(=O)C2CNCCS2)cc1. The second kappa shape index (κ2) is 13.2. The standard InChI is InChI=1S/C23H35N3O3S2/c1-29-19-9-7-17(8-10-19)13-25-22(27)20(16-30-15-18-5-3-2-4-6-18)26-23(28)21-14-24-11-12-31-21/h7-10,18,20-21,24H,2-6,11-16H2,1H3,(H,25,27)(H,26,28). The Bertz CT molecular complexity index is 690. The van der Waals surface area contributed by atoms with E-state index in [2.05, 4.69) is 16.0 Å². The van der Waals surface area contributed by atoms with Gasteiger partial charge in [-0.15, -0.1) is 11.8 Å².